The van der Waals surface area contributed by atoms with Crippen molar-refractivity contribution in [2.45, 2.75) is 25.3 Å². The van der Waals surface area contributed by atoms with Gasteiger partial charge in [-0.1, -0.05) is 30.3 Å². The predicted molar refractivity (Wildman–Crippen MR) is 86.3 cm³/mol. The Labute approximate surface area is 140 Å². The van der Waals surface area contributed by atoms with Gasteiger partial charge in [-0.15, -0.1) is 0 Å². The molecule has 1 aliphatic rings. The molecule has 24 heavy (non-hydrogen) atoms. The third kappa shape index (κ3) is 5.66. The molecule has 0 spiro atoms. The molecular formula is C17H22N2O5. The molecule has 2 N–H and O–H groups in total. The first-order valence-corrected chi connectivity index (χ1v) is 7.98. The van der Waals surface area contributed by atoms with Gasteiger partial charge in [0, 0.05) is 32.4 Å². The van der Waals surface area contributed by atoms with Crippen LogP contribution in [0.15, 0.2) is 30.3 Å². The standard InChI is InChI=1S/C17H22N2O5/c20-15(6-7-16(21)19-8-10-24-11-9-19)18-14(17(22)23)12-13-4-2-1-3-5-13/h1-5,14H,6-12H2,(H,18,20)(H,22,23)/t14-/m0/s1. The quantitative estimate of drug-likeness (QED) is 0.754. The predicted octanol–water partition coefficient (Wildman–Crippen LogP) is 0.438. The third-order valence-corrected chi connectivity index (χ3v) is 3.85. The summed E-state index contributed by atoms with van der Waals surface area (Å²) in [6.45, 7) is 2.09. The summed E-state index contributed by atoms with van der Waals surface area (Å²) in [5.74, 6) is -1.63. The summed E-state index contributed by atoms with van der Waals surface area (Å²) >= 11 is 0. The molecule has 1 aromatic rings. The van der Waals surface area contributed by atoms with Gasteiger partial charge in [-0.2, -0.15) is 0 Å². The van der Waals surface area contributed by atoms with E-state index in [0.717, 1.165) is 5.56 Å². The number of benzene rings is 1. The number of carboxylic acid groups (broad SMARTS) is 1. The number of carboxylic acids is 1. The lowest BCUT2D eigenvalue weighted by Gasteiger charge is -2.26. The number of hydrogen-bond acceptors (Lipinski definition) is 4. The van der Waals surface area contributed by atoms with Crippen molar-refractivity contribution >= 4 is 17.8 Å². The van der Waals surface area contributed by atoms with Gasteiger partial charge in [0.2, 0.25) is 11.8 Å². The minimum Gasteiger partial charge on any atom is -0.480 e. The Hall–Kier alpha value is -2.41. The van der Waals surface area contributed by atoms with Crippen LogP contribution < -0.4 is 5.32 Å². The van der Waals surface area contributed by atoms with Crippen molar-refractivity contribution in [2.75, 3.05) is 26.3 Å². The average molecular weight is 334 g/mol. The molecule has 0 aromatic heterocycles. The second-order valence-electron chi connectivity index (χ2n) is 5.64. The van der Waals surface area contributed by atoms with Gasteiger partial charge in [0.1, 0.15) is 6.04 Å². The summed E-state index contributed by atoms with van der Waals surface area (Å²) in [5.41, 5.74) is 0.828. The number of carbonyl (C=O) groups is 3. The van der Waals surface area contributed by atoms with Crippen LogP contribution in [-0.4, -0.2) is 60.1 Å². The van der Waals surface area contributed by atoms with Gasteiger partial charge < -0.3 is 20.1 Å². The van der Waals surface area contributed by atoms with Gasteiger partial charge in [0.25, 0.3) is 0 Å². The zero-order valence-electron chi connectivity index (χ0n) is 13.4. The molecule has 0 bridgehead atoms. The number of aliphatic carboxylic acids is 1. The SMILES string of the molecule is O=C(CCC(=O)N1CCOCC1)N[C@@H](Cc1ccccc1)C(=O)O. The van der Waals surface area contributed by atoms with Gasteiger partial charge in [-0.3, -0.25) is 9.59 Å². The maximum absolute atomic E-state index is 12.0. The Morgan fingerprint density at radius 2 is 1.79 bits per heavy atom. The average Bonchev–Trinajstić information content (AvgIpc) is 2.60. The minimum atomic E-state index is -1.09. The van der Waals surface area contributed by atoms with Crippen LogP contribution in [0.4, 0.5) is 0 Å². The normalized spacial score (nSPS) is 15.6. The van der Waals surface area contributed by atoms with Gasteiger partial charge in [0.05, 0.1) is 13.2 Å². The molecule has 7 nitrogen and oxygen atoms in total. The van der Waals surface area contributed by atoms with E-state index in [9.17, 15) is 19.5 Å². The highest BCUT2D eigenvalue weighted by Crippen LogP contribution is 2.06. The zero-order chi connectivity index (χ0) is 17.4. The second-order valence-corrected chi connectivity index (χ2v) is 5.64. The van der Waals surface area contributed by atoms with E-state index in [1.807, 2.05) is 30.3 Å². The van der Waals surface area contributed by atoms with E-state index < -0.39 is 17.9 Å². The smallest absolute Gasteiger partial charge is 0.326 e. The molecule has 1 heterocycles. The fourth-order valence-corrected chi connectivity index (χ4v) is 2.51. The van der Waals surface area contributed by atoms with Crippen LogP contribution in [0.1, 0.15) is 18.4 Å². The van der Waals surface area contributed by atoms with E-state index in [0.29, 0.717) is 26.3 Å². The molecule has 0 unspecified atom stereocenters. The van der Waals surface area contributed by atoms with E-state index in [1.165, 1.54) is 0 Å². The van der Waals surface area contributed by atoms with E-state index >= 15 is 0 Å². The first-order valence-electron chi connectivity index (χ1n) is 7.98. The maximum atomic E-state index is 12.0. The number of morpholine rings is 1. The van der Waals surface area contributed by atoms with Crippen molar-refractivity contribution in [3.63, 3.8) is 0 Å². The number of nitrogens with zero attached hydrogens (tertiary/aromatic N) is 1. The lowest BCUT2D eigenvalue weighted by molar-refractivity contribution is -0.142. The first kappa shape index (κ1) is 17.9. The van der Waals surface area contributed by atoms with Crippen LogP contribution in [-0.2, 0) is 25.5 Å². The minimum absolute atomic E-state index is 0.0191. The third-order valence-electron chi connectivity index (χ3n) is 3.85. The summed E-state index contributed by atoms with van der Waals surface area (Å²) in [5, 5.41) is 11.8. The van der Waals surface area contributed by atoms with Gasteiger partial charge in [0.15, 0.2) is 0 Å². The summed E-state index contributed by atoms with van der Waals surface area (Å²) in [7, 11) is 0. The van der Waals surface area contributed by atoms with Crippen molar-refractivity contribution < 1.29 is 24.2 Å². The summed E-state index contributed by atoms with van der Waals surface area (Å²) in [4.78, 5) is 36.9. The van der Waals surface area contributed by atoms with Crippen LogP contribution in [0.5, 0.6) is 0 Å². The monoisotopic (exact) mass is 334 g/mol. The van der Waals surface area contributed by atoms with Crippen molar-refractivity contribution in [2.24, 2.45) is 0 Å². The maximum Gasteiger partial charge on any atom is 0.326 e. The van der Waals surface area contributed by atoms with Crippen LogP contribution in [0.2, 0.25) is 0 Å². The number of ether oxygens (including phenoxy) is 1. The fourth-order valence-electron chi connectivity index (χ4n) is 2.51. The number of carbonyl (C=O) groups excluding carboxylic acids is 2. The molecule has 0 aliphatic carbocycles. The highest BCUT2D eigenvalue weighted by molar-refractivity contribution is 5.87. The number of rotatable bonds is 7. The molecule has 1 atom stereocenters. The number of amides is 2. The van der Waals surface area contributed by atoms with Crippen molar-refractivity contribution in [1.29, 1.82) is 0 Å². The summed E-state index contributed by atoms with van der Waals surface area (Å²) < 4.78 is 5.17. The fraction of sp³-hybridized carbons (Fsp3) is 0.471. The van der Waals surface area contributed by atoms with E-state index in [1.54, 1.807) is 4.90 Å². The van der Waals surface area contributed by atoms with E-state index in [2.05, 4.69) is 5.32 Å². The molecule has 1 saturated heterocycles. The van der Waals surface area contributed by atoms with E-state index in [-0.39, 0.29) is 25.2 Å². The molecule has 2 amide bonds. The Balaban J connectivity index is 1.80. The lowest BCUT2D eigenvalue weighted by atomic mass is 10.1. The van der Waals surface area contributed by atoms with Crippen molar-refractivity contribution in [1.82, 2.24) is 10.2 Å². The molecular weight excluding hydrogens is 312 g/mol. The zero-order valence-corrected chi connectivity index (χ0v) is 13.4. The molecule has 1 fully saturated rings. The largest absolute Gasteiger partial charge is 0.480 e. The van der Waals surface area contributed by atoms with Crippen LogP contribution in [0, 0.1) is 0 Å². The van der Waals surface area contributed by atoms with Crippen LogP contribution in [0.25, 0.3) is 0 Å². The van der Waals surface area contributed by atoms with Crippen LogP contribution in [0.3, 0.4) is 0 Å². The lowest BCUT2D eigenvalue weighted by Crippen LogP contribution is -2.43. The molecule has 130 valence electrons. The molecule has 1 aliphatic heterocycles. The van der Waals surface area contributed by atoms with Gasteiger partial charge in [-0.05, 0) is 5.56 Å². The Kier molecular flexibility index (Phi) is 6.74. The highest BCUT2D eigenvalue weighted by atomic mass is 16.5. The molecule has 7 heteroatoms. The molecule has 1 aromatic carbocycles. The van der Waals surface area contributed by atoms with E-state index in [4.69, 9.17) is 4.74 Å². The van der Waals surface area contributed by atoms with Crippen molar-refractivity contribution in [3.8, 4) is 0 Å². The first-order chi connectivity index (χ1) is 11.6. The van der Waals surface area contributed by atoms with Crippen molar-refractivity contribution in [3.05, 3.63) is 35.9 Å². The Morgan fingerprint density at radius 3 is 2.42 bits per heavy atom. The highest BCUT2D eigenvalue weighted by Gasteiger charge is 2.22. The van der Waals surface area contributed by atoms with Gasteiger partial charge in [-0.25, -0.2) is 4.79 Å². The second kappa shape index (κ2) is 9.02. The van der Waals surface area contributed by atoms with Crippen LogP contribution >= 0.6 is 0 Å². The Bertz CT molecular complexity index is 570. The Morgan fingerprint density at radius 1 is 1.12 bits per heavy atom. The summed E-state index contributed by atoms with van der Waals surface area (Å²) in [6, 6.07) is 8.09. The molecule has 2 rings (SSSR count). The molecule has 0 saturated carbocycles. The topological polar surface area (TPSA) is 95.9 Å². The van der Waals surface area contributed by atoms with Gasteiger partial charge >= 0.3 is 5.97 Å². The number of hydrogen-bond donors (Lipinski definition) is 2. The number of nitrogens with one attached hydrogen (secondary N) is 1. The molecule has 0 radical (unpaired) electrons. The summed E-state index contributed by atoms with van der Waals surface area (Å²) in [6.07, 6.45) is 0.262.